The van der Waals surface area contributed by atoms with Crippen molar-refractivity contribution >= 4 is 50.4 Å². The van der Waals surface area contributed by atoms with Crippen LogP contribution < -0.4 is 26.2 Å². The number of amides is 2. The fourth-order valence-electron chi connectivity index (χ4n) is 5.39. The van der Waals surface area contributed by atoms with Gasteiger partial charge in [0.25, 0.3) is 17.9 Å². The molecule has 0 aliphatic carbocycles. The summed E-state index contributed by atoms with van der Waals surface area (Å²) in [4.78, 5) is 47.7. The van der Waals surface area contributed by atoms with Crippen LogP contribution in [-0.4, -0.2) is 86.6 Å². The van der Waals surface area contributed by atoms with Crippen LogP contribution in [0.25, 0.3) is 11.1 Å². The molecule has 3 aromatic rings. The number of nitrogens with two attached hydrogens (primary N) is 2. The normalized spacial score (nSPS) is 19.6. The molecule has 0 spiro atoms. The number of hydrogen-bond acceptors (Lipinski definition) is 14. The van der Waals surface area contributed by atoms with E-state index in [0.717, 1.165) is 41.0 Å². The maximum Gasteiger partial charge on any atom is 0.351 e. The van der Waals surface area contributed by atoms with Gasteiger partial charge in [0.1, 0.15) is 23.6 Å². The molecule has 1 fully saturated rings. The third-order valence-corrected chi connectivity index (χ3v) is 8.92. The summed E-state index contributed by atoms with van der Waals surface area (Å²) in [6, 6.07) is 4.27. The summed E-state index contributed by atoms with van der Waals surface area (Å²) in [7, 11) is -3.32. The molecule has 4 heterocycles. The number of aryl methyl sites for hydroxylation is 3. The molecule has 6 N–H and O–H groups in total. The van der Waals surface area contributed by atoms with E-state index in [1.165, 1.54) is 19.2 Å². The van der Waals surface area contributed by atoms with Gasteiger partial charge in [-0.15, -0.1) is 16.0 Å². The number of ether oxygens (including phenoxy) is 1. The highest BCUT2D eigenvalue weighted by molar-refractivity contribution is 7.80. The number of thiazole rings is 1. The number of carbonyl (C=O) groups excluding carboxylic acids is 2. The summed E-state index contributed by atoms with van der Waals surface area (Å²) in [5.74, 6) is -2.98. The van der Waals surface area contributed by atoms with E-state index < -0.39 is 57.7 Å². The van der Waals surface area contributed by atoms with Crippen molar-refractivity contribution in [2.24, 2.45) is 17.9 Å². The van der Waals surface area contributed by atoms with Gasteiger partial charge in [0, 0.05) is 5.38 Å². The topological polar surface area (TPSA) is 258 Å². The number of fused-ring (bicyclic) bond motifs is 1. The summed E-state index contributed by atoms with van der Waals surface area (Å²) < 4.78 is 47.4. The van der Waals surface area contributed by atoms with E-state index in [9.17, 15) is 32.5 Å². The zero-order valence-corrected chi connectivity index (χ0v) is 27.7. The number of nitrogen functional groups attached to an aromatic ring is 1. The van der Waals surface area contributed by atoms with Crippen LogP contribution in [0.1, 0.15) is 37.9 Å². The average molecular weight is 707 g/mol. The van der Waals surface area contributed by atoms with Crippen LogP contribution in [-0.2, 0) is 53.9 Å². The fraction of sp³-hybridized carbons (Fsp3) is 0.429. The second-order valence-corrected chi connectivity index (χ2v) is 13.5. The SMILES string of the molecule is C[n+]1cc(-c2ccc3c(c2)CC[C@@H]([C@H](O/N=C(\C(=O)N[C@@H]2C(=O)N(OS(=O)(=O)[O-])C2(C)C)c2csc(N)n2)C(=O)O)O3)cn1CCCN. The van der Waals surface area contributed by atoms with E-state index >= 15 is 0 Å². The van der Waals surface area contributed by atoms with E-state index in [-0.39, 0.29) is 17.2 Å². The summed E-state index contributed by atoms with van der Waals surface area (Å²) in [5.41, 5.74) is 12.2. The summed E-state index contributed by atoms with van der Waals surface area (Å²) >= 11 is 0.967. The number of carboxylic acid groups (broad SMARTS) is 1. The number of anilines is 1. The first-order valence-electron chi connectivity index (χ1n) is 14.6. The second kappa shape index (κ2) is 13.5. The number of carbonyl (C=O) groups is 3. The van der Waals surface area contributed by atoms with Gasteiger partial charge in [0.15, 0.2) is 17.9 Å². The molecular formula is C28H34N8O10S2. The van der Waals surface area contributed by atoms with Crippen molar-refractivity contribution in [1.82, 2.24) is 20.0 Å². The van der Waals surface area contributed by atoms with Gasteiger partial charge in [0.2, 0.25) is 16.6 Å². The number of oxime groups is 1. The molecule has 0 radical (unpaired) electrons. The monoisotopic (exact) mass is 706 g/mol. The molecule has 3 atom stereocenters. The molecule has 48 heavy (non-hydrogen) atoms. The fourth-order valence-corrected chi connectivity index (χ4v) is 6.38. The minimum absolute atomic E-state index is 0.0630. The minimum atomic E-state index is -5.27. The Kier molecular flexibility index (Phi) is 9.74. The second-order valence-electron chi connectivity index (χ2n) is 11.7. The van der Waals surface area contributed by atoms with Crippen molar-refractivity contribution in [3.8, 4) is 16.9 Å². The van der Waals surface area contributed by atoms with Gasteiger partial charge in [-0.3, -0.25) is 9.59 Å². The highest BCUT2D eigenvalue weighted by Gasteiger charge is 2.57. The zero-order chi connectivity index (χ0) is 35.0. The first-order chi connectivity index (χ1) is 22.6. The molecule has 1 saturated heterocycles. The lowest BCUT2D eigenvalue weighted by atomic mass is 9.84. The Labute approximate surface area is 278 Å². The Bertz CT molecular complexity index is 1870. The number of aliphatic carboxylic acids is 1. The van der Waals surface area contributed by atoms with Gasteiger partial charge in [-0.25, -0.2) is 18.2 Å². The Balaban J connectivity index is 1.32. The highest BCUT2D eigenvalue weighted by atomic mass is 32.3. The molecule has 2 aliphatic rings. The molecule has 18 nitrogen and oxygen atoms in total. The van der Waals surface area contributed by atoms with Gasteiger partial charge in [-0.2, -0.15) is 14.0 Å². The van der Waals surface area contributed by atoms with Crippen molar-refractivity contribution in [2.75, 3.05) is 12.3 Å². The third-order valence-electron chi connectivity index (χ3n) is 7.92. The number of aromatic nitrogens is 3. The number of benzene rings is 1. The zero-order valence-electron chi connectivity index (χ0n) is 26.1. The molecule has 20 heteroatoms. The summed E-state index contributed by atoms with van der Waals surface area (Å²) in [6.45, 7) is 4.06. The predicted molar refractivity (Wildman–Crippen MR) is 167 cm³/mol. The number of carboxylic acids is 1. The molecular weight excluding hydrogens is 672 g/mol. The van der Waals surface area contributed by atoms with Crippen LogP contribution in [0.2, 0.25) is 0 Å². The first kappa shape index (κ1) is 34.7. The van der Waals surface area contributed by atoms with Crippen LogP contribution in [0, 0.1) is 0 Å². The van der Waals surface area contributed by atoms with Gasteiger partial charge < -0.3 is 36.0 Å². The van der Waals surface area contributed by atoms with E-state index in [1.807, 2.05) is 36.3 Å². The molecule has 2 aromatic heterocycles. The Hall–Kier alpha value is -4.63. The molecule has 0 saturated carbocycles. The van der Waals surface area contributed by atoms with Crippen LogP contribution in [0.5, 0.6) is 5.75 Å². The van der Waals surface area contributed by atoms with Crippen molar-refractivity contribution in [1.29, 1.82) is 0 Å². The van der Waals surface area contributed by atoms with Gasteiger partial charge in [-0.05, 0) is 62.9 Å². The number of hydroxylamine groups is 2. The van der Waals surface area contributed by atoms with E-state index in [0.29, 0.717) is 23.8 Å². The van der Waals surface area contributed by atoms with Crippen molar-refractivity contribution in [3.05, 3.63) is 47.2 Å². The summed E-state index contributed by atoms with van der Waals surface area (Å²) in [5, 5.41) is 18.0. The molecule has 258 valence electrons. The van der Waals surface area contributed by atoms with E-state index in [2.05, 4.69) is 24.4 Å². The van der Waals surface area contributed by atoms with Gasteiger partial charge >= 0.3 is 5.97 Å². The Morgan fingerprint density at radius 1 is 1.35 bits per heavy atom. The first-order valence-corrected chi connectivity index (χ1v) is 16.8. The summed E-state index contributed by atoms with van der Waals surface area (Å²) in [6.07, 6.45) is 2.95. The Morgan fingerprint density at radius 3 is 2.73 bits per heavy atom. The lowest BCUT2D eigenvalue weighted by molar-refractivity contribution is -0.753. The van der Waals surface area contributed by atoms with Crippen LogP contribution in [0.4, 0.5) is 5.13 Å². The quantitative estimate of drug-likeness (QED) is 0.0434. The minimum Gasteiger partial charge on any atom is -0.724 e. The number of hydrogen-bond donors (Lipinski definition) is 4. The lowest BCUT2D eigenvalue weighted by Gasteiger charge is -2.51. The molecule has 0 bridgehead atoms. The number of β-lactam (4-membered cyclic amide) rings is 1. The largest absolute Gasteiger partial charge is 0.724 e. The standard InChI is InChI=1S/C28H34N8O10S2/c1-28(2)23(25(38)36(28)46-48(41,42)43)32-24(37)21(18-14-47-27(30)31-18)33-45-22(26(39)40)20-8-6-16-11-15(5-7-19(16)44-20)17-12-34(3)35(13-17)10-4-9-29/h5,7,11-14,20,22-23H,4,6,8-10,29H2,1-3H3,(H4-,30,31,32,37,39,40,41,42,43)/b33-21-/t20-,22-,23+/m0/s1. The molecule has 5 rings (SSSR count). The number of nitrogens with one attached hydrogen (secondary N) is 1. The van der Waals surface area contributed by atoms with Crippen LogP contribution in [0.15, 0.2) is 41.1 Å². The van der Waals surface area contributed by atoms with E-state index in [4.69, 9.17) is 21.0 Å². The van der Waals surface area contributed by atoms with Gasteiger partial charge in [0.05, 0.1) is 23.8 Å². The van der Waals surface area contributed by atoms with Crippen molar-refractivity contribution in [3.63, 3.8) is 0 Å². The molecule has 2 amide bonds. The van der Waals surface area contributed by atoms with Crippen LogP contribution in [0.3, 0.4) is 0 Å². The maximum absolute atomic E-state index is 13.4. The lowest BCUT2D eigenvalue weighted by Crippen LogP contribution is -2.76. The number of nitrogens with zero attached hydrogens (tertiary/aromatic N) is 5. The van der Waals surface area contributed by atoms with Crippen molar-refractivity contribution < 1.29 is 51.0 Å². The smallest absolute Gasteiger partial charge is 0.351 e. The number of rotatable bonds is 13. The van der Waals surface area contributed by atoms with Crippen LogP contribution >= 0.6 is 11.3 Å². The van der Waals surface area contributed by atoms with E-state index in [1.54, 1.807) is 6.07 Å². The predicted octanol–water partition coefficient (Wildman–Crippen LogP) is -0.568. The third kappa shape index (κ3) is 7.26. The van der Waals surface area contributed by atoms with Crippen molar-refractivity contribution in [2.45, 2.75) is 63.4 Å². The average Bonchev–Trinajstić information content (AvgIpc) is 3.63. The molecule has 0 unspecified atom stereocenters. The maximum atomic E-state index is 13.4. The Morgan fingerprint density at radius 2 is 2.10 bits per heavy atom. The molecule has 1 aromatic carbocycles. The molecule has 2 aliphatic heterocycles. The highest BCUT2D eigenvalue weighted by Crippen LogP contribution is 2.34. The van der Waals surface area contributed by atoms with Gasteiger partial charge in [-0.1, -0.05) is 11.2 Å².